The van der Waals surface area contributed by atoms with Crippen molar-refractivity contribution < 1.29 is 9.52 Å². The number of furan rings is 1. The van der Waals surface area contributed by atoms with Gasteiger partial charge in [-0.1, -0.05) is 11.6 Å². The van der Waals surface area contributed by atoms with Crippen molar-refractivity contribution in [3.8, 4) is 0 Å². The number of aliphatic imine (C=N–C) groups is 1. The maximum Gasteiger partial charge on any atom is 0.193 e. The Morgan fingerprint density at radius 2 is 2.27 bits per heavy atom. The van der Waals surface area contributed by atoms with Gasteiger partial charge in [-0.05, 0) is 24.3 Å². The molecule has 2 N–H and O–H groups in total. The van der Waals surface area contributed by atoms with Crippen molar-refractivity contribution in [2.24, 2.45) is 4.99 Å². The minimum absolute atomic E-state index is 0. The van der Waals surface area contributed by atoms with Crippen LogP contribution in [0.25, 0.3) is 0 Å². The van der Waals surface area contributed by atoms with E-state index >= 15 is 0 Å². The van der Waals surface area contributed by atoms with Crippen LogP contribution >= 0.6 is 46.9 Å². The van der Waals surface area contributed by atoms with E-state index in [0.29, 0.717) is 23.4 Å². The number of aliphatic hydroxyl groups is 1. The molecule has 0 amide bonds. The summed E-state index contributed by atoms with van der Waals surface area (Å²) in [5.74, 6) is 1.54. The Balaban J connectivity index is 0.00000242. The fourth-order valence-corrected chi connectivity index (χ4v) is 2.94. The highest BCUT2D eigenvalue weighted by Crippen LogP contribution is 2.26. The summed E-state index contributed by atoms with van der Waals surface area (Å²) in [6.45, 7) is 0.972. The third-order valence-corrected chi connectivity index (χ3v) is 4.25. The highest BCUT2D eigenvalue weighted by Gasteiger charge is 2.13. The first-order chi connectivity index (χ1) is 10.1. The largest absolute Gasteiger partial charge is 0.467 e. The van der Waals surface area contributed by atoms with Crippen molar-refractivity contribution in [1.82, 2.24) is 10.2 Å². The standard InChI is InChI=1S/C14H18ClN3O2S.HI/c1-16-14(18(2)9-10-4-3-7-20-10)17-8-11(19)12-5-6-13(15)21-12;/h3-7,11,19H,8-9H2,1-2H3,(H,16,17);1H. The third-order valence-electron chi connectivity index (χ3n) is 2.92. The number of guanidine groups is 1. The monoisotopic (exact) mass is 455 g/mol. The van der Waals surface area contributed by atoms with E-state index in [1.54, 1.807) is 19.4 Å². The fraction of sp³-hybridized carbons (Fsp3) is 0.357. The quantitative estimate of drug-likeness (QED) is 0.412. The van der Waals surface area contributed by atoms with Gasteiger partial charge in [0.1, 0.15) is 11.9 Å². The summed E-state index contributed by atoms with van der Waals surface area (Å²) >= 11 is 7.24. The van der Waals surface area contributed by atoms with Crippen LogP contribution in [-0.2, 0) is 6.54 Å². The van der Waals surface area contributed by atoms with Crippen molar-refractivity contribution in [1.29, 1.82) is 0 Å². The topological polar surface area (TPSA) is 61.0 Å². The molecule has 0 aliphatic heterocycles. The van der Waals surface area contributed by atoms with E-state index in [2.05, 4.69) is 10.3 Å². The van der Waals surface area contributed by atoms with Gasteiger partial charge in [-0.25, -0.2) is 0 Å². The molecule has 0 fully saturated rings. The molecule has 0 aromatic carbocycles. The van der Waals surface area contributed by atoms with E-state index in [1.165, 1.54) is 11.3 Å². The molecule has 0 saturated heterocycles. The predicted molar refractivity (Wildman–Crippen MR) is 101 cm³/mol. The average molecular weight is 456 g/mol. The Morgan fingerprint density at radius 1 is 1.50 bits per heavy atom. The Morgan fingerprint density at radius 3 is 2.82 bits per heavy atom. The summed E-state index contributed by atoms with van der Waals surface area (Å²) in [4.78, 5) is 6.95. The molecule has 2 rings (SSSR count). The fourth-order valence-electron chi connectivity index (χ4n) is 1.89. The van der Waals surface area contributed by atoms with E-state index in [4.69, 9.17) is 16.0 Å². The maximum absolute atomic E-state index is 10.1. The molecule has 2 aromatic heterocycles. The van der Waals surface area contributed by atoms with E-state index in [1.807, 2.05) is 30.1 Å². The van der Waals surface area contributed by atoms with Gasteiger partial charge < -0.3 is 19.7 Å². The lowest BCUT2D eigenvalue weighted by Crippen LogP contribution is -2.40. The Labute approximate surface area is 156 Å². The first kappa shape index (κ1) is 19.3. The molecule has 0 aliphatic rings. The number of nitrogens with one attached hydrogen (secondary N) is 1. The highest BCUT2D eigenvalue weighted by atomic mass is 127. The van der Waals surface area contributed by atoms with E-state index in [-0.39, 0.29) is 24.0 Å². The Kier molecular flexibility index (Phi) is 8.23. The lowest BCUT2D eigenvalue weighted by molar-refractivity contribution is 0.183. The molecular weight excluding hydrogens is 437 g/mol. The average Bonchev–Trinajstić information content (AvgIpc) is 3.10. The molecule has 22 heavy (non-hydrogen) atoms. The van der Waals surface area contributed by atoms with Gasteiger partial charge in [-0.2, -0.15) is 0 Å². The summed E-state index contributed by atoms with van der Waals surface area (Å²) in [5, 5.41) is 13.3. The second-order valence-electron chi connectivity index (χ2n) is 4.52. The van der Waals surface area contributed by atoms with Crippen LogP contribution in [0, 0.1) is 0 Å². The van der Waals surface area contributed by atoms with Crippen LogP contribution in [0.2, 0.25) is 4.34 Å². The van der Waals surface area contributed by atoms with Gasteiger partial charge in [0.25, 0.3) is 0 Å². The second-order valence-corrected chi connectivity index (χ2v) is 6.27. The number of halogens is 2. The molecule has 2 heterocycles. The van der Waals surface area contributed by atoms with Gasteiger partial charge in [0.05, 0.1) is 17.1 Å². The van der Waals surface area contributed by atoms with Crippen molar-refractivity contribution in [3.63, 3.8) is 0 Å². The first-order valence-corrected chi connectivity index (χ1v) is 7.67. The summed E-state index contributed by atoms with van der Waals surface area (Å²) in [6.07, 6.45) is 1.03. The molecule has 1 atom stereocenters. The molecule has 0 bridgehead atoms. The van der Waals surface area contributed by atoms with Gasteiger partial charge in [-0.3, -0.25) is 4.99 Å². The summed E-state index contributed by atoms with van der Waals surface area (Å²) < 4.78 is 5.98. The van der Waals surface area contributed by atoms with E-state index in [9.17, 15) is 5.11 Å². The summed E-state index contributed by atoms with van der Waals surface area (Å²) in [6, 6.07) is 7.37. The first-order valence-electron chi connectivity index (χ1n) is 6.47. The lowest BCUT2D eigenvalue weighted by Gasteiger charge is -2.22. The zero-order valence-electron chi connectivity index (χ0n) is 12.3. The van der Waals surface area contributed by atoms with Crippen LogP contribution in [0.1, 0.15) is 16.7 Å². The summed E-state index contributed by atoms with van der Waals surface area (Å²) in [7, 11) is 3.61. The van der Waals surface area contributed by atoms with Gasteiger partial charge in [-0.15, -0.1) is 35.3 Å². The zero-order valence-corrected chi connectivity index (χ0v) is 16.2. The molecule has 0 spiro atoms. The molecule has 8 heteroatoms. The zero-order chi connectivity index (χ0) is 15.2. The number of aliphatic hydroxyl groups excluding tert-OH is 1. The van der Waals surface area contributed by atoms with E-state index in [0.717, 1.165) is 10.6 Å². The molecule has 5 nitrogen and oxygen atoms in total. The lowest BCUT2D eigenvalue weighted by atomic mass is 10.3. The number of hydrogen-bond donors (Lipinski definition) is 2. The Bertz CT molecular complexity index is 589. The minimum atomic E-state index is -0.615. The van der Waals surface area contributed by atoms with Crippen molar-refractivity contribution in [2.45, 2.75) is 12.6 Å². The number of thiophene rings is 1. The third kappa shape index (κ3) is 5.45. The molecule has 122 valence electrons. The van der Waals surface area contributed by atoms with Crippen molar-refractivity contribution in [3.05, 3.63) is 45.5 Å². The van der Waals surface area contributed by atoms with Crippen LogP contribution < -0.4 is 5.32 Å². The van der Waals surface area contributed by atoms with Crippen LogP contribution in [-0.4, -0.2) is 36.6 Å². The van der Waals surface area contributed by atoms with Gasteiger partial charge in [0, 0.05) is 25.5 Å². The van der Waals surface area contributed by atoms with Crippen molar-refractivity contribution >= 4 is 52.9 Å². The molecule has 1 unspecified atom stereocenters. The van der Waals surface area contributed by atoms with Crippen LogP contribution in [0.4, 0.5) is 0 Å². The Hall–Kier alpha value is -0.770. The highest BCUT2D eigenvalue weighted by molar-refractivity contribution is 14.0. The smallest absolute Gasteiger partial charge is 0.193 e. The van der Waals surface area contributed by atoms with Gasteiger partial charge in [0.15, 0.2) is 5.96 Å². The minimum Gasteiger partial charge on any atom is -0.467 e. The van der Waals surface area contributed by atoms with Crippen molar-refractivity contribution in [2.75, 3.05) is 20.6 Å². The van der Waals surface area contributed by atoms with E-state index < -0.39 is 6.10 Å². The second kappa shape index (κ2) is 9.39. The summed E-state index contributed by atoms with van der Waals surface area (Å²) in [5.41, 5.74) is 0. The van der Waals surface area contributed by atoms with Crippen LogP contribution in [0.15, 0.2) is 39.9 Å². The van der Waals surface area contributed by atoms with Crippen LogP contribution in [0.5, 0.6) is 0 Å². The molecule has 0 aliphatic carbocycles. The van der Waals surface area contributed by atoms with Crippen LogP contribution in [0.3, 0.4) is 0 Å². The normalized spacial score (nSPS) is 12.6. The number of rotatable bonds is 5. The number of nitrogens with zero attached hydrogens (tertiary/aromatic N) is 2. The SMILES string of the molecule is CN=C(NCC(O)c1ccc(Cl)s1)N(C)Cc1ccco1.I. The maximum atomic E-state index is 10.1. The number of hydrogen-bond acceptors (Lipinski definition) is 4. The molecule has 0 radical (unpaired) electrons. The molecular formula is C14H19ClIN3O2S. The van der Waals surface area contributed by atoms with Gasteiger partial charge in [0.2, 0.25) is 0 Å². The molecule has 0 saturated carbocycles. The molecule has 2 aromatic rings. The predicted octanol–water partition coefficient (Wildman–Crippen LogP) is 3.35. The van der Waals surface area contributed by atoms with Gasteiger partial charge >= 0.3 is 0 Å².